The van der Waals surface area contributed by atoms with E-state index < -0.39 is 0 Å². The maximum absolute atomic E-state index is 4.37. The molecule has 78 valence electrons. The molecular formula is C11H19N3. The van der Waals surface area contributed by atoms with Crippen LogP contribution in [0.3, 0.4) is 0 Å². The van der Waals surface area contributed by atoms with Crippen molar-refractivity contribution in [3.8, 4) is 0 Å². The van der Waals surface area contributed by atoms with Crippen molar-refractivity contribution in [3.05, 3.63) is 17.5 Å². The highest BCUT2D eigenvalue weighted by Crippen LogP contribution is 2.29. The van der Waals surface area contributed by atoms with E-state index in [4.69, 9.17) is 0 Å². The van der Waals surface area contributed by atoms with Crippen LogP contribution < -0.4 is 5.32 Å². The van der Waals surface area contributed by atoms with Crippen molar-refractivity contribution >= 4 is 0 Å². The molecule has 0 bridgehead atoms. The van der Waals surface area contributed by atoms with Crippen molar-refractivity contribution in [1.82, 2.24) is 15.1 Å². The second kappa shape index (κ2) is 3.73. The van der Waals surface area contributed by atoms with E-state index in [-0.39, 0.29) is 0 Å². The van der Waals surface area contributed by atoms with Gasteiger partial charge >= 0.3 is 0 Å². The molecule has 14 heavy (non-hydrogen) atoms. The Bertz CT molecular complexity index is 308. The van der Waals surface area contributed by atoms with Crippen molar-refractivity contribution in [3.63, 3.8) is 0 Å². The number of nitrogens with one attached hydrogen (secondary N) is 1. The van der Waals surface area contributed by atoms with Crippen LogP contribution in [0.25, 0.3) is 0 Å². The van der Waals surface area contributed by atoms with E-state index in [2.05, 4.69) is 31.3 Å². The van der Waals surface area contributed by atoms with Gasteiger partial charge in [0.05, 0.1) is 6.20 Å². The first-order valence-electron chi connectivity index (χ1n) is 5.42. The molecule has 2 rings (SSSR count). The van der Waals surface area contributed by atoms with Gasteiger partial charge in [-0.1, -0.05) is 13.8 Å². The molecule has 1 aromatic heterocycles. The maximum atomic E-state index is 4.37. The summed E-state index contributed by atoms with van der Waals surface area (Å²) in [5, 5.41) is 7.78. The molecule has 0 aliphatic carbocycles. The number of aryl methyl sites for hydroxylation is 1. The molecule has 1 aliphatic heterocycles. The highest BCUT2D eigenvalue weighted by molar-refractivity contribution is 5.26. The predicted molar refractivity (Wildman–Crippen MR) is 57.5 cm³/mol. The molecule has 1 atom stereocenters. The molecule has 1 aliphatic rings. The lowest BCUT2D eigenvalue weighted by Gasteiger charge is -2.14. The van der Waals surface area contributed by atoms with Crippen LogP contribution >= 0.6 is 0 Å². The van der Waals surface area contributed by atoms with Crippen LogP contribution in [-0.2, 0) is 7.05 Å². The van der Waals surface area contributed by atoms with Gasteiger partial charge in [0.25, 0.3) is 0 Å². The molecule has 1 fully saturated rings. The van der Waals surface area contributed by atoms with Gasteiger partial charge in [0.2, 0.25) is 0 Å². The van der Waals surface area contributed by atoms with Gasteiger partial charge in [0.15, 0.2) is 0 Å². The van der Waals surface area contributed by atoms with Crippen molar-refractivity contribution < 1.29 is 0 Å². The Labute approximate surface area is 85.5 Å². The maximum Gasteiger partial charge on any atom is 0.0527 e. The van der Waals surface area contributed by atoms with Gasteiger partial charge in [-0.3, -0.25) is 4.68 Å². The van der Waals surface area contributed by atoms with E-state index in [1.807, 2.05) is 10.9 Å². The third-order valence-electron chi connectivity index (χ3n) is 3.08. The smallest absolute Gasteiger partial charge is 0.0527 e. The summed E-state index contributed by atoms with van der Waals surface area (Å²) in [6, 6.07) is 0. The number of nitrogens with zero attached hydrogens (tertiary/aromatic N) is 2. The molecule has 0 aromatic carbocycles. The predicted octanol–water partition coefficient (Wildman–Crippen LogP) is 1.62. The Morgan fingerprint density at radius 2 is 2.36 bits per heavy atom. The minimum Gasteiger partial charge on any atom is -0.316 e. The number of hydrogen-bond acceptors (Lipinski definition) is 2. The van der Waals surface area contributed by atoms with Crippen LogP contribution in [0.2, 0.25) is 0 Å². The Morgan fingerprint density at radius 3 is 2.93 bits per heavy atom. The molecule has 1 N–H and O–H groups in total. The fourth-order valence-corrected chi connectivity index (χ4v) is 2.30. The second-order valence-corrected chi connectivity index (χ2v) is 4.45. The summed E-state index contributed by atoms with van der Waals surface area (Å²) in [6.07, 6.45) is 3.28. The van der Waals surface area contributed by atoms with E-state index in [9.17, 15) is 0 Å². The largest absolute Gasteiger partial charge is 0.316 e. The molecule has 0 radical (unpaired) electrons. The Morgan fingerprint density at radius 1 is 1.57 bits per heavy atom. The molecule has 0 saturated carbocycles. The monoisotopic (exact) mass is 193 g/mol. The lowest BCUT2D eigenvalue weighted by atomic mass is 9.95. The fourth-order valence-electron chi connectivity index (χ4n) is 2.30. The van der Waals surface area contributed by atoms with Gasteiger partial charge in [-0.25, -0.2) is 0 Å². The van der Waals surface area contributed by atoms with Crippen LogP contribution in [-0.4, -0.2) is 22.9 Å². The molecule has 0 spiro atoms. The first kappa shape index (κ1) is 9.71. The number of rotatable bonds is 2. The molecule has 1 aromatic rings. The van der Waals surface area contributed by atoms with Crippen LogP contribution in [0, 0.1) is 0 Å². The van der Waals surface area contributed by atoms with Gasteiger partial charge < -0.3 is 5.32 Å². The Balaban J connectivity index is 2.33. The summed E-state index contributed by atoms with van der Waals surface area (Å²) in [4.78, 5) is 0. The van der Waals surface area contributed by atoms with Crippen LogP contribution in [0.4, 0.5) is 0 Å². The van der Waals surface area contributed by atoms with E-state index in [1.54, 1.807) is 0 Å². The molecule has 2 heterocycles. The lowest BCUT2D eigenvalue weighted by Crippen LogP contribution is -2.12. The Hall–Kier alpha value is -0.830. The third kappa shape index (κ3) is 1.57. The second-order valence-electron chi connectivity index (χ2n) is 4.45. The summed E-state index contributed by atoms with van der Waals surface area (Å²) in [5.74, 6) is 1.25. The standard InChI is InChI=1S/C11H19N3/c1-8(2)10-7-13-14(3)11(10)9-4-5-12-6-9/h7-9,12H,4-6H2,1-3H3. The first-order valence-corrected chi connectivity index (χ1v) is 5.42. The molecule has 3 nitrogen and oxygen atoms in total. The fraction of sp³-hybridized carbons (Fsp3) is 0.727. The summed E-state index contributed by atoms with van der Waals surface area (Å²) in [6.45, 7) is 6.73. The van der Waals surface area contributed by atoms with Crippen molar-refractivity contribution in [2.75, 3.05) is 13.1 Å². The van der Waals surface area contributed by atoms with Crippen molar-refractivity contribution in [1.29, 1.82) is 0 Å². The minimum absolute atomic E-state index is 0.583. The molecule has 3 heteroatoms. The highest BCUT2D eigenvalue weighted by atomic mass is 15.3. The van der Waals surface area contributed by atoms with E-state index in [0.717, 1.165) is 13.1 Å². The van der Waals surface area contributed by atoms with Gasteiger partial charge in [0, 0.05) is 25.2 Å². The average Bonchev–Trinajstić information content (AvgIpc) is 2.71. The van der Waals surface area contributed by atoms with Crippen LogP contribution in [0.15, 0.2) is 6.20 Å². The van der Waals surface area contributed by atoms with E-state index in [1.165, 1.54) is 17.7 Å². The van der Waals surface area contributed by atoms with Crippen molar-refractivity contribution in [2.24, 2.45) is 7.05 Å². The number of hydrogen-bond donors (Lipinski definition) is 1. The van der Waals surface area contributed by atoms with Gasteiger partial charge in [-0.15, -0.1) is 0 Å². The van der Waals surface area contributed by atoms with Gasteiger partial charge in [-0.2, -0.15) is 5.10 Å². The lowest BCUT2D eigenvalue weighted by molar-refractivity contribution is 0.626. The van der Waals surface area contributed by atoms with Crippen molar-refractivity contribution in [2.45, 2.75) is 32.1 Å². The topological polar surface area (TPSA) is 29.9 Å². The highest BCUT2D eigenvalue weighted by Gasteiger charge is 2.23. The molecule has 1 saturated heterocycles. The van der Waals surface area contributed by atoms with Gasteiger partial charge in [-0.05, 0) is 24.4 Å². The van der Waals surface area contributed by atoms with E-state index >= 15 is 0 Å². The number of aromatic nitrogens is 2. The zero-order valence-corrected chi connectivity index (χ0v) is 9.25. The quantitative estimate of drug-likeness (QED) is 0.773. The van der Waals surface area contributed by atoms with Crippen LogP contribution in [0.1, 0.15) is 43.4 Å². The third-order valence-corrected chi connectivity index (χ3v) is 3.08. The summed E-state index contributed by atoms with van der Waals surface area (Å²) < 4.78 is 2.05. The van der Waals surface area contributed by atoms with Crippen LogP contribution in [0.5, 0.6) is 0 Å². The average molecular weight is 193 g/mol. The molecular weight excluding hydrogens is 174 g/mol. The summed E-state index contributed by atoms with van der Waals surface area (Å²) >= 11 is 0. The summed E-state index contributed by atoms with van der Waals surface area (Å²) in [7, 11) is 2.06. The van der Waals surface area contributed by atoms with Gasteiger partial charge in [0.1, 0.15) is 0 Å². The zero-order chi connectivity index (χ0) is 10.1. The first-order chi connectivity index (χ1) is 6.70. The minimum atomic E-state index is 0.583. The SMILES string of the molecule is CC(C)c1cnn(C)c1C1CCNC1. The normalized spacial score (nSPS) is 22.1. The molecule has 1 unspecified atom stereocenters. The summed E-state index contributed by atoms with van der Waals surface area (Å²) in [5.41, 5.74) is 2.85. The van der Waals surface area contributed by atoms with E-state index in [0.29, 0.717) is 11.8 Å². The molecule has 0 amide bonds. The Kier molecular flexibility index (Phi) is 2.59. The zero-order valence-electron chi connectivity index (χ0n) is 9.25.